The normalized spacial score (nSPS) is 11.9. The molecule has 0 aliphatic carbocycles. The molecule has 0 saturated carbocycles. The molecule has 0 saturated heterocycles. The zero-order valence-electron chi connectivity index (χ0n) is 16.7. The number of aliphatic hydroxyl groups excluding tert-OH is 3. The lowest BCUT2D eigenvalue weighted by Gasteiger charge is -2.07. The van der Waals surface area contributed by atoms with Gasteiger partial charge in [0.2, 0.25) is 0 Å². The lowest BCUT2D eigenvalue weighted by molar-refractivity contribution is 0.136. The zero-order valence-corrected chi connectivity index (χ0v) is 16.7. The average Bonchev–Trinajstić information content (AvgIpc) is 2.67. The lowest BCUT2D eigenvalue weighted by atomic mass is 10.1. The monoisotopic (exact) mass is 368 g/mol. The van der Waals surface area contributed by atoms with Gasteiger partial charge in [0, 0.05) is 25.7 Å². The Morgan fingerprint density at radius 3 is 1.62 bits per heavy atom. The van der Waals surface area contributed by atoms with E-state index in [1.807, 2.05) is 24.3 Å². The van der Waals surface area contributed by atoms with E-state index in [4.69, 9.17) is 20.1 Å². The maximum Gasteiger partial charge on any atom is 0.0901 e. The van der Waals surface area contributed by atoms with Crippen LogP contribution < -0.4 is 0 Å². The molecule has 0 amide bonds. The molecule has 0 fully saturated rings. The number of hydrogen-bond acceptors (Lipinski definition) is 4. The van der Waals surface area contributed by atoms with Gasteiger partial charge in [-0.3, -0.25) is 0 Å². The van der Waals surface area contributed by atoms with Gasteiger partial charge in [0.15, 0.2) is 0 Å². The number of allylic oxidation sites excluding steroid dienone is 6. The number of rotatable bonds is 15. The quantitative estimate of drug-likeness (QED) is 0.219. The minimum Gasteiger partial charge on any atom is -0.473 e. The summed E-state index contributed by atoms with van der Waals surface area (Å²) >= 11 is 0. The molecular formula is C22H40O4. The van der Waals surface area contributed by atoms with Gasteiger partial charge in [-0.2, -0.15) is 0 Å². The molecule has 0 aliphatic rings. The van der Waals surface area contributed by atoms with Crippen LogP contribution in [0.15, 0.2) is 49.0 Å². The van der Waals surface area contributed by atoms with Crippen molar-refractivity contribution < 1.29 is 20.1 Å². The van der Waals surface area contributed by atoms with Gasteiger partial charge < -0.3 is 20.1 Å². The lowest BCUT2D eigenvalue weighted by Crippen LogP contribution is -2.11. The summed E-state index contributed by atoms with van der Waals surface area (Å²) in [5.41, 5.74) is 0. The molecule has 4 heteroatoms. The van der Waals surface area contributed by atoms with E-state index in [-0.39, 0.29) is 25.7 Å². The van der Waals surface area contributed by atoms with Crippen LogP contribution in [0.1, 0.15) is 65.2 Å². The van der Waals surface area contributed by atoms with Crippen molar-refractivity contribution in [1.82, 2.24) is 0 Å². The van der Waals surface area contributed by atoms with Gasteiger partial charge in [-0.15, -0.1) is 0 Å². The van der Waals surface area contributed by atoms with Gasteiger partial charge in [-0.1, -0.05) is 63.8 Å². The molecule has 0 spiro atoms. The topological polar surface area (TPSA) is 69.9 Å². The van der Waals surface area contributed by atoms with Gasteiger partial charge >= 0.3 is 0 Å². The predicted molar refractivity (Wildman–Crippen MR) is 111 cm³/mol. The Labute approximate surface area is 160 Å². The molecule has 152 valence electrons. The Morgan fingerprint density at radius 1 is 0.731 bits per heavy atom. The van der Waals surface area contributed by atoms with Gasteiger partial charge in [0.05, 0.1) is 12.5 Å². The molecule has 0 rings (SSSR count). The van der Waals surface area contributed by atoms with Crippen LogP contribution in [0.3, 0.4) is 0 Å². The molecule has 0 aromatic carbocycles. The molecule has 0 heterocycles. The van der Waals surface area contributed by atoms with Crippen molar-refractivity contribution in [2.24, 2.45) is 5.92 Å². The van der Waals surface area contributed by atoms with Crippen molar-refractivity contribution in [3.05, 3.63) is 49.0 Å². The molecule has 0 atom stereocenters. The summed E-state index contributed by atoms with van der Waals surface area (Å²) in [5, 5.41) is 25.4. The van der Waals surface area contributed by atoms with Crippen molar-refractivity contribution in [2.45, 2.75) is 65.2 Å². The summed E-state index contributed by atoms with van der Waals surface area (Å²) in [6.07, 6.45) is 24.3. The minimum atomic E-state index is -0.0443. The van der Waals surface area contributed by atoms with E-state index in [2.05, 4.69) is 26.0 Å². The van der Waals surface area contributed by atoms with Gasteiger partial charge in [-0.25, -0.2) is 0 Å². The Hall–Kier alpha value is -1.36. The smallest absolute Gasteiger partial charge is 0.0901 e. The highest BCUT2D eigenvalue weighted by Gasteiger charge is 2.03. The second kappa shape index (κ2) is 25.9. The zero-order chi connectivity index (χ0) is 19.7. The second-order valence-electron chi connectivity index (χ2n) is 6.03. The molecule has 3 N–H and O–H groups in total. The van der Waals surface area contributed by atoms with E-state index in [9.17, 15) is 0 Å². The van der Waals surface area contributed by atoms with E-state index < -0.39 is 0 Å². The largest absolute Gasteiger partial charge is 0.473 e. The first kappa shape index (κ1) is 26.9. The van der Waals surface area contributed by atoms with Crippen LogP contribution in [-0.4, -0.2) is 35.1 Å². The van der Waals surface area contributed by atoms with Crippen LogP contribution in [0, 0.1) is 5.92 Å². The summed E-state index contributed by atoms with van der Waals surface area (Å²) in [6.45, 7) is 4.56. The van der Waals surface area contributed by atoms with Crippen molar-refractivity contribution >= 4 is 0 Å². The first-order chi connectivity index (χ1) is 12.8. The molecule has 0 aliphatic heterocycles. The van der Waals surface area contributed by atoms with Crippen LogP contribution in [0.25, 0.3) is 0 Å². The van der Waals surface area contributed by atoms with E-state index >= 15 is 0 Å². The first-order valence-corrected chi connectivity index (χ1v) is 9.88. The van der Waals surface area contributed by atoms with Gasteiger partial charge in [0.25, 0.3) is 0 Å². The van der Waals surface area contributed by atoms with Crippen molar-refractivity contribution in [2.75, 3.05) is 19.8 Å². The van der Waals surface area contributed by atoms with Crippen molar-refractivity contribution in [3.63, 3.8) is 0 Å². The van der Waals surface area contributed by atoms with Gasteiger partial charge in [-0.05, 0) is 37.8 Å². The van der Waals surface area contributed by atoms with E-state index in [0.29, 0.717) is 12.8 Å². The molecule has 0 aromatic rings. The van der Waals surface area contributed by atoms with E-state index in [0.717, 1.165) is 12.8 Å². The van der Waals surface area contributed by atoms with Crippen LogP contribution in [0.2, 0.25) is 0 Å². The van der Waals surface area contributed by atoms with Gasteiger partial charge in [0.1, 0.15) is 0 Å². The highest BCUT2D eigenvalue weighted by atomic mass is 16.5. The maximum absolute atomic E-state index is 8.51. The third-order valence-corrected chi connectivity index (χ3v) is 3.54. The molecular weight excluding hydrogens is 328 g/mol. The number of aliphatic hydroxyl groups is 3. The average molecular weight is 369 g/mol. The van der Waals surface area contributed by atoms with Crippen LogP contribution in [-0.2, 0) is 4.74 Å². The summed E-state index contributed by atoms with van der Waals surface area (Å²) in [5.74, 6) is -0.0443. The summed E-state index contributed by atoms with van der Waals surface area (Å²) in [7, 11) is 0. The number of unbranched alkanes of at least 4 members (excludes halogenated alkanes) is 4. The Kier molecular flexibility index (Phi) is 26.7. The van der Waals surface area contributed by atoms with Crippen LogP contribution in [0.4, 0.5) is 0 Å². The second-order valence-corrected chi connectivity index (χ2v) is 6.03. The maximum atomic E-state index is 8.51. The fraction of sp³-hybridized carbons (Fsp3) is 0.636. The third kappa shape index (κ3) is 24.9. The standard InChI is InChI=1S/C16H26O.C6H14O3/c1-3-5-7-9-11-13-15-17-16-14-12-10-8-6-4-2;7-3-1-2-6(4-8)5-9/h9-16H,3-8H2,1-2H3;6-9H,1-5H2. The van der Waals surface area contributed by atoms with E-state index in [1.54, 1.807) is 12.5 Å². The Balaban J connectivity index is 0. The molecule has 0 unspecified atom stereocenters. The number of ether oxygens (including phenoxy) is 1. The SMILES string of the molecule is CCCCC=CC=COC=CC=CCCCC.OCCCC(CO)CO. The molecule has 4 nitrogen and oxygen atoms in total. The Morgan fingerprint density at radius 2 is 1.23 bits per heavy atom. The molecule has 0 aromatic heterocycles. The fourth-order valence-electron chi connectivity index (χ4n) is 1.84. The Bertz CT molecular complexity index is 329. The highest BCUT2D eigenvalue weighted by Crippen LogP contribution is 2.02. The molecule has 0 bridgehead atoms. The van der Waals surface area contributed by atoms with Crippen LogP contribution in [0.5, 0.6) is 0 Å². The molecule has 0 radical (unpaired) electrons. The summed E-state index contributed by atoms with van der Waals surface area (Å²) in [6, 6.07) is 0. The first-order valence-electron chi connectivity index (χ1n) is 9.88. The number of hydrogen-bond donors (Lipinski definition) is 3. The molecule has 26 heavy (non-hydrogen) atoms. The fourth-order valence-corrected chi connectivity index (χ4v) is 1.84. The minimum absolute atomic E-state index is 0.0104. The van der Waals surface area contributed by atoms with Crippen molar-refractivity contribution in [1.29, 1.82) is 0 Å². The predicted octanol–water partition coefficient (Wildman–Crippen LogP) is 4.88. The van der Waals surface area contributed by atoms with E-state index in [1.165, 1.54) is 25.7 Å². The highest BCUT2D eigenvalue weighted by molar-refractivity contribution is 5.02. The van der Waals surface area contributed by atoms with Crippen molar-refractivity contribution in [3.8, 4) is 0 Å². The summed E-state index contributed by atoms with van der Waals surface area (Å²) < 4.78 is 5.18. The van der Waals surface area contributed by atoms with Crippen LogP contribution >= 0.6 is 0 Å². The third-order valence-electron chi connectivity index (χ3n) is 3.54. The summed E-state index contributed by atoms with van der Waals surface area (Å²) in [4.78, 5) is 0.